The smallest absolute Gasteiger partial charge is 0.333 e. The molecule has 4 heteroatoms. The lowest BCUT2D eigenvalue weighted by atomic mass is 10.3. The molecule has 1 N–H and O–H groups in total. The van der Waals surface area contributed by atoms with E-state index in [1.807, 2.05) is 6.92 Å². The van der Waals surface area contributed by atoms with Crippen LogP contribution >= 0.6 is 0 Å². The lowest BCUT2D eigenvalue weighted by Gasteiger charge is -2.11. The minimum atomic E-state index is -0.759. The monoisotopic (exact) mass is 202 g/mol. The highest BCUT2D eigenvalue weighted by molar-refractivity contribution is 5.86. The number of aliphatic hydroxyl groups excluding tert-OH is 1. The fourth-order valence-corrected chi connectivity index (χ4v) is 0.707. The number of esters is 1. The molecule has 82 valence electrons. The van der Waals surface area contributed by atoms with Crippen molar-refractivity contribution in [2.45, 2.75) is 26.4 Å². The van der Waals surface area contributed by atoms with Crippen LogP contribution in [0.15, 0.2) is 12.2 Å². The lowest BCUT2D eigenvalue weighted by Crippen LogP contribution is -2.24. The second-order valence-electron chi connectivity index (χ2n) is 3.11. The van der Waals surface area contributed by atoms with E-state index in [0.29, 0.717) is 12.2 Å². The van der Waals surface area contributed by atoms with Gasteiger partial charge in [0.05, 0.1) is 6.61 Å². The summed E-state index contributed by atoms with van der Waals surface area (Å²) < 4.78 is 9.80. The van der Waals surface area contributed by atoms with Gasteiger partial charge in [0.2, 0.25) is 0 Å². The van der Waals surface area contributed by atoms with Crippen LogP contribution < -0.4 is 0 Å². The van der Waals surface area contributed by atoms with Crippen molar-refractivity contribution in [3.8, 4) is 0 Å². The Bertz CT molecular complexity index is 189. The molecule has 0 aromatic carbocycles. The van der Waals surface area contributed by atoms with Gasteiger partial charge in [0.25, 0.3) is 0 Å². The standard InChI is InChI=1S/C10H18O4/c1-4-5-13-6-9(11)7-14-10(12)8(2)3/h9,11H,2,4-7H2,1,3H3. The summed E-state index contributed by atoms with van der Waals surface area (Å²) in [7, 11) is 0. The van der Waals surface area contributed by atoms with Gasteiger partial charge in [-0.15, -0.1) is 0 Å². The van der Waals surface area contributed by atoms with Crippen molar-refractivity contribution >= 4 is 5.97 Å². The molecule has 0 radical (unpaired) electrons. The van der Waals surface area contributed by atoms with E-state index in [4.69, 9.17) is 9.47 Å². The Morgan fingerprint density at radius 1 is 1.50 bits per heavy atom. The van der Waals surface area contributed by atoms with Crippen LogP contribution in [0.1, 0.15) is 20.3 Å². The Morgan fingerprint density at radius 3 is 2.64 bits per heavy atom. The molecule has 0 aromatic rings. The van der Waals surface area contributed by atoms with Crippen LogP contribution in [0.3, 0.4) is 0 Å². The van der Waals surface area contributed by atoms with Crippen molar-refractivity contribution < 1.29 is 19.4 Å². The zero-order valence-corrected chi connectivity index (χ0v) is 8.78. The molecule has 4 nitrogen and oxygen atoms in total. The normalized spacial score (nSPS) is 12.2. The Morgan fingerprint density at radius 2 is 2.14 bits per heavy atom. The van der Waals surface area contributed by atoms with Gasteiger partial charge in [-0.2, -0.15) is 0 Å². The average molecular weight is 202 g/mol. The Kier molecular flexibility index (Phi) is 7.06. The number of carbonyl (C=O) groups excluding carboxylic acids is 1. The lowest BCUT2D eigenvalue weighted by molar-refractivity contribution is -0.143. The first-order chi connectivity index (χ1) is 6.57. The van der Waals surface area contributed by atoms with Crippen molar-refractivity contribution in [3.05, 3.63) is 12.2 Å². The molecule has 0 fully saturated rings. The minimum Gasteiger partial charge on any atom is -0.460 e. The van der Waals surface area contributed by atoms with Gasteiger partial charge in [0.1, 0.15) is 12.7 Å². The number of aliphatic hydroxyl groups is 1. The summed E-state index contributed by atoms with van der Waals surface area (Å²) in [4.78, 5) is 10.9. The Labute approximate surface area is 84.5 Å². The number of hydrogen-bond donors (Lipinski definition) is 1. The maximum Gasteiger partial charge on any atom is 0.333 e. The average Bonchev–Trinajstić information content (AvgIpc) is 2.14. The van der Waals surface area contributed by atoms with E-state index in [1.165, 1.54) is 0 Å². The molecular weight excluding hydrogens is 184 g/mol. The van der Waals surface area contributed by atoms with Gasteiger partial charge in [-0.3, -0.25) is 0 Å². The first kappa shape index (κ1) is 13.1. The molecule has 0 bridgehead atoms. The number of carbonyl (C=O) groups is 1. The highest BCUT2D eigenvalue weighted by atomic mass is 16.5. The minimum absolute atomic E-state index is 0.0462. The van der Waals surface area contributed by atoms with Crippen LogP contribution in [0.2, 0.25) is 0 Å². The highest BCUT2D eigenvalue weighted by Gasteiger charge is 2.08. The third-order valence-corrected chi connectivity index (χ3v) is 1.41. The highest BCUT2D eigenvalue weighted by Crippen LogP contribution is 1.95. The summed E-state index contributed by atoms with van der Waals surface area (Å²) in [6.45, 7) is 7.71. The summed E-state index contributed by atoms with van der Waals surface area (Å²) in [6, 6.07) is 0. The molecule has 0 rings (SSSR count). The predicted octanol–water partition coefficient (Wildman–Crippen LogP) is 0.893. The predicted molar refractivity (Wildman–Crippen MR) is 52.9 cm³/mol. The first-order valence-corrected chi connectivity index (χ1v) is 4.66. The Hall–Kier alpha value is -0.870. The molecule has 1 atom stereocenters. The zero-order chi connectivity index (χ0) is 11.0. The molecule has 0 spiro atoms. The van der Waals surface area contributed by atoms with Crippen molar-refractivity contribution in [2.75, 3.05) is 19.8 Å². The van der Waals surface area contributed by atoms with Crippen LogP contribution in [-0.2, 0) is 14.3 Å². The third kappa shape index (κ3) is 6.62. The van der Waals surface area contributed by atoms with Gasteiger partial charge in [-0.05, 0) is 13.3 Å². The largest absolute Gasteiger partial charge is 0.460 e. The summed E-state index contributed by atoms with van der Waals surface area (Å²) in [5, 5.41) is 9.27. The van der Waals surface area contributed by atoms with Crippen molar-refractivity contribution in [2.24, 2.45) is 0 Å². The van der Waals surface area contributed by atoms with Gasteiger partial charge in [-0.25, -0.2) is 4.79 Å². The summed E-state index contributed by atoms with van der Waals surface area (Å²) in [5.74, 6) is -0.487. The fourth-order valence-electron chi connectivity index (χ4n) is 0.707. The van der Waals surface area contributed by atoms with Gasteiger partial charge in [-0.1, -0.05) is 13.5 Å². The van der Waals surface area contributed by atoms with E-state index >= 15 is 0 Å². The van der Waals surface area contributed by atoms with E-state index in [0.717, 1.165) is 6.42 Å². The quantitative estimate of drug-likeness (QED) is 0.378. The van der Waals surface area contributed by atoms with Crippen molar-refractivity contribution in [3.63, 3.8) is 0 Å². The van der Waals surface area contributed by atoms with E-state index < -0.39 is 12.1 Å². The summed E-state index contributed by atoms with van der Waals surface area (Å²) in [6.07, 6.45) is 0.142. The second kappa shape index (κ2) is 7.53. The number of hydrogen-bond acceptors (Lipinski definition) is 4. The van der Waals surface area contributed by atoms with Crippen molar-refractivity contribution in [1.29, 1.82) is 0 Å². The van der Waals surface area contributed by atoms with Crippen LogP contribution in [0, 0.1) is 0 Å². The zero-order valence-electron chi connectivity index (χ0n) is 8.78. The molecule has 0 aliphatic carbocycles. The van der Waals surface area contributed by atoms with E-state index in [9.17, 15) is 9.90 Å². The SMILES string of the molecule is C=C(C)C(=O)OCC(O)COCCC. The molecule has 0 saturated heterocycles. The molecular formula is C10H18O4. The van der Waals surface area contributed by atoms with Gasteiger partial charge >= 0.3 is 5.97 Å². The molecule has 1 unspecified atom stereocenters. The molecule has 0 aliphatic rings. The molecule has 0 amide bonds. The fraction of sp³-hybridized carbons (Fsp3) is 0.700. The van der Waals surface area contributed by atoms with E-state index in [-0.39, 0.29) is 13.2 Å². The first-order valence-electron chi connectivity index (χ1n) is 4.66. The van der Waals surface area contributed by atoms with Gasteiger partial charge in [0, 0.05) is 12.2 Å². The molecule has 14 heavy (non-hydrogen) atoms. The maximum absolute atomic E-state index is 10.9. The second-order valence-corrected chi connectivity index (χ2v) is 3.11. The van der Waals surface area contributed by atoms with Crippen molar-refractivity contribution in [1.82, 2.24) is 0 Å². The topological polar surface area (TPSA) is 55.8 Å². The van der Waals surface area contributed by atoms with Gasteiger partial charge < -0.3 is 14.6 Å². The number of ether oxygens (including phenoxy) is 2. The maximum atomic E-state index is 10.9. The van der Waals surface area contributed by atoms with Crippen LogP contribution in [-0.4, -0.2) is 37.0 Å². The molecule has 0 heterocycles. The molecule has 0 aliphatic heterocycles. The van der Waals surface area contributed by atoms with Crippen LogP contribution in [0.25, 0.3) is 0 Å². The Balaban J connectivity index is 3.48. The molecule has 0 saturated carbocycles. The summed E-state index contributed by atoms with van der Waals surface area (Å²) >= 11 is 0. The van der Waals surface area contributed by atoms with Crippen LogP contribution in [0.4, 0.5) is 0 Å². The van der Waals surface area contributed by atoms with Crippen LogP contribution in [0.5, 0.6) is 0 Å². The van der Waals surface area contributed by atoms with E-state index in [2.05, 4.69) is 6.58 Å². The van der Waals surface area contributed by atoms with Gasteiger partial charge in [0.15, 0.2) is 0 Å². The molecule has 0 aromatic heterocycles. The third-order valence-electron chi connectivity index (χ3n) is 1.41. The number of rotatable bonds is 7. The van der Waals surface area contributed by atoms with E-state index in [1.54, 1.807) is 6.92 Å². The summed E-state index contributed by atoms with van der Waals surface area (Å²) in [5.41, 5.74) is 0.326.